The quantitative estimate of drug-likeness (QED) is 0.875. The molecular weight excluding hydrogens is 231 g/mol. The maximum atomic E-state index is 13.5. The zero-order valence-corrected chi connectivity index (χ0v) is 8.84. The Balaban J connectivity index is 2.38. The molecule has 1 heterocycles. The van der Waals surface area contributed by atoms with Gasteiger partial charge in [0.05, 0.1) is 11.4 Å². The number of halogens is 3. The van der Waals surface area contributed by atoms with Gasteiger partial charge in [-0.05, 0) is 19.1 Å². The molecule has 0 aliphatic rings. The molecule has 0 aliphatic heterocycles. The predicted molar refractivity (Wildman–Crippen MR) is 56.4 cm³/mol. The van der Waals surface area contributed by atoms with Gasteiger partial charge < -0.3 is 5.32 Å². The van der Waals surface area contributed by atoms with Gasteiger partial charge in [0, 0.05) is 6.07 Å². The van der Waals surface area contributed by atoms with Crippen LogP contribution in [0.25, 0.3) is 0 Å². The third-order valence-corrected chi connectivity index (χ3v) is 2.15. The van der Waals surface area contributed by atoms with Crippen molar-refractivity contribution in [2.75, 3.05) is 5.32 Å². The van der Waals surface area contributed by atoms with Crippen LogP contribution in [0.5, 0.6) is 0 Å². The van der Waals surface area contributed by atoms with Gasteiger partial charge in [-0.2, -0.15) is 0 Å². The van der Waals surface area contributed by atoms with E-state index in [9.17, 15) is 13.2 Å². The van der Waals surface area contributed by atoms with E-state index in [1.165, 1.54) is 6.92 Å². The minimum Gasteiger partial charge on any atom is -0.335 e. The van der Waals surface area contributed by atoms with Crippen LogP contribution in [0.1, 0.15) is 5.69 Å². The zero-order chi connectivity index (χ0) is 12.4. The summed E-state index contributed by atoms with van der Waals surface area (Å²) in [7, 11) is 0. The van der Waals surface area contributed by atoms with Crippen molar-refractivity contribution < 1.29 is 13.2 Å². The molecule has 1 aromatic heterocycles. The van der Waals surface area contributed by atoms with Crippen molar-refractivity contribution in [2.24, 2.45) is 0 Å². The van der Waals surface area contributed by atoms with Gasteiger partial charge in [0.25, 0.3) is 0 Å². The summed E-state index contributed by atoms with van der Waals surface area (Å²) < 4.78 is 39.7. The van der Waals surface area contributed by atoms with Crippen LogP contribution >= 0.6 is 0 Å². The number of anilines is 2. The summed E-state index contributed by atoms with van der Waals surface area (Å²) in [5.74, 6) is -2.21. The van der Waals surface area contributed by atoms with Crippen LogP contribution in [0.3, 0.4) is 0 Å². The van der Waals surface area contributed by atoms with E-state index in [-0.39, 0.29) is 17.2 Å². The Labute approximate surface area is 95.3 Å². The first-order chi connectivity index (χ1) is 8.08. The highest BCUT2D eigenvalue weighted by atomic mass is 19.1. The lowest BCUT2D eigenvalue weighted by atomic mass is 10.3. The predicted octanol–water partition coefficient (Wildman–Crippen LogP) is 2.95. The summed E-state index contributed by atoms with van der Waals surface area (Å²) in [5.41, 5.74) is -0.0543. The van der Waals surface area contributed by atoms with Gasteiger partial charge in [-0.1, -0.05) is 0 Å². The Bertz CT molecular complexity index is 558. The first kappa shape index (κ1) is 11.4. The molecule has 88 valence electrons. The molecule has 0 radical (unpaired) electrons. The lowest BCUT2D eigenvalue weighted by Crippen LogP contribution is -2.02. The molecule has 2 rings (SSSR count). The van der Waals surface area contributed by atoms with Crippen LogP contribution in [0.4, 0.5) is 24.7 Å². The molecule has 0 saturated carbocycles. The van der Waals surface area contributed by atoms with Gasteiger partial charge in [-0.15, -0.1) is 0 Å². The van der Waals surface area contributed by atoms with Crippen LogP contribution in [-0.4, -0.2) is 9.97 Å². The highest BCUT2D eigenvalue weighted by Gasteiger charge is 2.10. The number of rotatable bonds is 2. The SMILES string of the molecule is Cc1ncnc(Nc2cc(F)ccc2F)c1F. The molecule has 0 amide bonds. The largest absolute Gasteiger partial charge is 0.335 e. The number of hydrogen-bond acceptors (Lipinski definition) is 3. The van der Waals surface area contributed by atoms with Crippen molar-refractivity contribution >= 4 is 11.5 Å². The summed E-state index contributed by atoms with van der Waals surface area (Å²) in [6, 6.07) is 2.85. The summed E-state index contributed by atoms with van der Waals surface area (Å²) in [6.07, 6.45) is 1.14. The fourth-order valence-electron chi connectivity index (χ4n) is 1.27. The Morgan fingerprint density at radius 2 is 1.88 bits per heavy atom. The lowest BCUT2D eigenvalue weighted by Gasteiger charge is -2.08. The monoisotopic (exact) mass is 239 g/mol. The molecule has 2 aromatic rings. The topological polar surface area (TPSA) is 37.8 Å². The Morgan fingerprint density at radius 3 is 2.65 bits per heavy atom. The van der Waals surface area contributed by atoms with Gasteiger partial charge in [0.1, 0.15) is 18.0 Å². The zero-order valence-electron chi connectivity index (χ0n) is 8.84. The van der Waals surface area contributed by atoms with E-state index in [1.54, 1.807) is 0 Å². The molecule has 0 fully saturated rings. The molecular formula is C11H8F3N3. The summed E-state index contributed by atoms with van der Waals surface area (Å²) in [4.78, 5) is 7.25. The molecule has 0 unspecified atom stereocenters. The highest BCUT2D eigenvalue weighted by Crippen LogP contribution is 2.21. The second-order valence-electron chi connectivity index (χ2n) is 3.37. The van der Waals surface area contributed by atoms with Crippen LogP contribution in [-0.2, 0) is 0 Å². The highest BCUT2D eigenvalue weighted by molar-refractivity contribution is 5.57. The smallest absolute Gasteiger partial charge is 0.186 e. The van der Waals surface area contributed by atoms with Crippen molar-refractivity contribution in [1.82, 2.24) is 9.97 Å². The second kappa shape index (κ2) is 4.40. The van der Waals surface area contributed by atoms with Crippen molar-refractivity contribution in [3.05, 3.63) is 47.7 Å². The molecule has 17 heavy (non-hydrogen) atoms. The Hall–Kier alpha value is -2.11. The van der Waals surface area contributed by atoms with Gasteiger partial charge in [0.2, 0.25) is 0 Å². The molecule has 0 atom stereocenters. The molecule has 0 saturated heterocycles. The van der Waals surface area contributed by atoms with E-state index in [2.05, 4.69) is 15.3 Å². The molecule has 0 bridgehead atoms. The standard InChI is InChI=1S/C11H8F3N3/c1-6-10(14)11(16-5-15-6)17-9-4-7(12)2-3-8(9)13/h2-5H,1H3,(H,15,16,17). The number of hydrogen-bond donors (Lipinski definition) is 1. The first-order valence-corrected chi connectivity index (χ1v) is 4.77. The first-order valence-electron chi connectivity index (χ1n) is 4.77. The molecule has 3 nitrogen and oxygen atoms in total. The number of benzene rings is 1. The Kier molecular flexibility index (Phi) is 2.95. The van der Waals surface area contributed by atoms with Crippen molar-refractivity contribution in [1.29, 1.82) is 0 Å². The van der Waals surface area contributed by atoms with Crippen molar-refractivity contribution in [2.45, 2.75) is 6.92 Å². The van der Waals surface area contributed by atoms with Crippen LogP contribution in [0.2, 0.25) is 0 Å². The third-order valence-electron chi connectivity index (χ3n) is 2.15. The molecule has 1 N–H and O–H groups in total. The van der Waals surface area contributed by atoms with Gasteiger partial charge in [-0.3, -0.25) is 0 Å². The van der Waals surface area contributed by atoms with Gasteiger partial charge in [-0.25, -0.2) is 23.1 Å². The molecule has 0 spiro atoms. The van der Waals surface area contributed by atoms with Crippen LogP contribution in [0.15, 0.2) is 24.5 Å². The minimum absolute atomic E-state index is 0.124. The van der Waals surface area contributed by atoms with Crippen LogP contribution < -0.4 is 5.32 Å². The van der Waals surface area contributed by atoms with E-state index < -0.39 is 17.5 Å². The van der Waals surface area contributed by atoms with E-state index in [0.717, 1.165) is 24.5 Å². The lowest BCUT2D eigenvalue weighted by molar-refractivity contribution is 0.598. The summed E-state index contributed by atoms with van der Waals surface area (Å²) in [5, 5.41) is 2.38. The number of aromatic nitrogens is 2. The summed E-state index contributed by atoms with van der Waals surface area (Å²) >= 11 is 0. The van der Waals surface area contributed by atoms with Crippen LogP contribution in [0, 0.1) is 24.4 Å². The van der Waals surface area contributed by atoms with Gasteiger partial charge in [0.15, 0.2) is 11.6 Å². The second-order valence-corrected chi connectivity index (χ2v) is 3.37. The fraction of sp³-hybridized carbons (Fsp3) is 0.0909. The van der Waals surface area contributed by atoms with E-state index in [4.69, 9.17) is 0 Å². The van der Waals surface area contributed by atoms with Gasteiger partial charge >= 0.3 is 0 Å². The number of nitrogens with zero attached hydrogens (tertiary/aromatic N) is 2. The number of aryl methyl sites for hydroxylation is 1. The minimum atomic E-state index is -0.698. The Morgan fingerprint density at radius 1 is 1.12 bits per heavy atom. The average Bonchev–Trinajstić information content (AvgIpc) is 2.30. The fourth-order valence-corrected chi connectivity index (χ4v) is 1.27. The summed E-state index contributed by atoms with van der Waals surface area (Å²) in [6.45, 7) is 1.45. The van der Waals surface area contributed by atoms with Crippen molar-refractivity contribution in [3.63, 3.8) is 0 Å². The van der Waals surface area contributed by atoms with E-state index >= 15 is 0 Å². The molecule has 1 aromatic carbocycles. The maximum Gasteiger partial charge on any atom is 0.186 e. The average molecular weight is 239 g/mol. The number of nitrogens with one attached hydrogen (secondary N) is 1. The third kappa shape index (κ3) is 2.35. The molecule has 0 aliphatic carbocycles. The van der Waals surface area contributed by atoms with Crippen molar-refractivity contribution in [3.8, 4) is 0 Å². The maximum absolute atomic E-state index is 13.5. The van der Waals surface area contributed by atoms with E-state index in [0.29, 0.717) is 0 Å². The van der Waals surface area contributed by atoms with E-state index in [1.807, 2.05) is 0 Å². The normalized spacial score (nSPS) is 10.4. The molecule has 6 heteroatoms.